The van der Waals surface area contributed by atoms with Crippen LogP contribution in [0.4, 0.5) is 5.69 Å². The van der Waals surface area contributed by atoms with Gasteiger partial charge in [0, 0.05) is 38.4 Å². The van der Waals surface area contributed by atoms with Crippen molar-refractivity contribution in [3.63, 3.8) is 0 Å². The SMILES string of the molecule is CC1CN(CC(=O)NCC2CCN(c3ccccc3)C2)CCO1. The highest BCUT2D eigenvalue weighted by molar-refractivity contribution is 5.78. The van der Waals surface area contributed by atoms with Gasteiger partial charge in [-0.25, -0.2) is 0 Å². The third-order valence-electron chi connectivity index (χ3n) is 4.69. The summed E-state index contributed by atoms with van der Waals surface area (Å²) in [4.78, 5) is 16.7. The van der Waals surface area contributed by atoms with Crippen LogP contribution in [0.15, 0.2) is 30.3 Å². The fourth-order valence-corrected chi connectivity index (χ4v) is 3.42. The molecular weight excluding hydrogens is 290 g/mol. The lowest BCUT2D eigenvalue weighted by Gasteiger charge is -2.30. The molecule has 0 aromatic heterocycles. The number of anilines is 1. The third kappa shape index (κ3) is 4.69. The van der Waals surface area contributed by atoms with Crippen molar-refractivity contribution in [1.82, 2.24) is 10.2 Å². The van der Waals surface area contributed by atoms with Crippen molar-refractivity contribution >= 4 is 11.6 Å². The molecule has 2 saturated heterocycles. The van der Waals surface area contributed by atoms with E-state index in [1.807, 2.05) is 6.07 Å². The summed E-state index contributed by atoms with van der Waals surface area (Å²) < 4.78 is 5.51. The van der Waals surface area contributed by atoms with Crippen molar-refractivity contribution in [3.05, 3.63) is 30.3 Å². The monoisotopic (exact) mass is 317 g/mol. The summed E-state index contributed by atoms with van der Waals surface area (Å²) in [7, 11) is 0. The zero-order valence-corrected chi connectivity index (χ0v) is 13.9. The Labute approximate surface area is 138 Å². The van der Waals surface area contributed by atoms with Gasteiger partial charge in [-0.1, -0.05) is 18.2 Å². The van der Waals surface area contributed by atoms with Gasteiger partial charge in [-0.15, -0.1) is 0 Å². The maximum Gasteiger partial charge on any atom is 0.234 e. The fourth-order valence-electron chi connectivity index (χ4n) is 3.42. The van der Waals surface area contributed by atoms with E-state index in [0.29, 0.717) is 12.5 Å². The molecule has 126 valence electrons. The van der Waals surface area contributed by atoms with Gasteiger partial charge >= 0.3 is 0 Å². The van der Waals surface area contributed by atoms with Crippen LogP contribution < -0.4 is 10.2 Å². The van der Waals surface area contributed by atoms with E-state index in [2.05, 4.69) is 46.3 Å². The molecule has 1 amide bonds. The third-order valence-corrected chi connectivity index (χ3v) is 4.69. The largest absolute Gasteiger partial charge is 0.376 e. The lowest BCUT2D eigenvalue weighted by molar-refractivity contribution is -0.124. The highest BCUT2D eigenvalue weighted by Crippen LogP contribution is 2.22. The molecule has 2 aliphatic rings. The van der Waals surface area contributed by atoms with Gasteiger partial charge in [0.15, 0.2) is 0 Å². The summed E-state index contributed by atoms with van der Waals surface area (Å²) >= 11 is 0. The predicted molar refractivity (Wildman–Crippen MR) is 91.6 cm³/mol. The number of carbonyl (C=O) groups is 1. The molecule has 0 saturated carbocycles. The molecular formula is C18H27N3O2. The van der Waals surface area contributed by atoms with Crippen molar-refractivity contribution in [1.29, 1.82) is 0 Å². The second kappa shape index (κ2) is 7.79. The van der Waals surface area contributed by atoms with Gasteiger partial charge in [-0.2, -0.15) is 0 Å². The Balaban J connectivity index is 1.38. The number of amides is 1. The molecule has 2 fully saturated rings. The van der Waals surface area contributed by atoms with Gasteiger partial charge in [0.2, 0.25) is 5.91 Å². The lowest BCUT2D eigenvalue weighted by Crippen LogP contribution is -2.46. The molecule has 1 N–H and O–H groups in total. The van der Waals surface area contributed by atoms with E-state index < -0.39 is 0 Å². The lowest BCUT2D eigenvalue weighted by atomic mass is 10.1. The number of morpholine rings is 1. The standard InChI is InChI=1S/C18H27N3O2/c1-15-12-20(9-10-23-15)14-18(22)19-11-16-7-8-21(13-16)17-5-3-2-4-6-17/h2-6,15-16H,7-14H2,1H3,(H,19,22). The first kappa shape index (κ1) is 16.3. The van der Waals surface area contributed by atoms with Gasteiger partial charge in [-0.05, 0) is 31.4 Å². The van der Waals surface area contributed by atoms with E-state index in [-0.39, 0.29) is 12.0 Å². The average Bonchev–Trinajstić information content (AvgIpc) is 3.03. The molecule has 0 radical (unpaired) electrons. The highest BCUT2D eigenvalue weighted by atomic mass is 16.5. The van der Waals surface area contributed by atoms with Crippen LogP contribution in [0.2, 0.25) is 0 Å². The van der Waals surface area contributed by atoms with E-state index in [9.17, 15) is 4.79 Å². The number of hydrogen-bond acceptors (Lipinski definition) is 4. The van der Waals surface area contributed by atoms with Crippen molar-refractivity contribution < 1.29 is 9.53 Å². The molecule has 2 aliphatic heterocycles. The van der Waals surface area contributed by atoms with Gasteiger partial charge in [0.05, 0.1) is 19.3 Å². The minimum Gasteiger partial charge on any atom is -0.376 e. The Morgan fingerprint density at radius 3 is 2.87 bits per heavy atom. The van der Waals surface area contributed by atoms with E-state index in [1.54, 1.807) is 0 Å². The number of benzene rings is 1. The molecule has 0 spiro atoms. The van der Waals surface area contributed by atoms with Crippen LogP contribution in [0.5, 0.6) is 0 Å². The average molecular weight is 317 g/mol. The zero-order chi connectivity index (χ0) is 16.1. The van der Waals surface area contributed by atoms with Crippen molar-refractivity contribution in [2.24, 2.45) is 5.92 Å². The van der Waals surface area contributed by atoms with Crippen LogP contribution in [-0.4, -0.2) is 62.8 Å². The Bertz CT molecular complexity index is 508. The predicted octanol–water partition coefficient (Wildman–Crippen LogP) is 1.35. The summed E-state index contributed by atoms with van der Waals surface area (Å²) in [5.74, 6) is 0.681. The number of hydrogen-bond donors (Lipinski definition) is 1. The number of carbonyl (C=O) groups excluding carboxylic acids is 1. The molecule has 2 unspecified atom stereocenters. The molecule has 23 heavy (non-hydrogen) atoms. The summed E-state index contributed by atoms with van der Waals surface area (Å²) in [5, 5.41) is 3.11. The number of rotatable bonds is 5. The molecule has 1 aromatic carbocycles. The van der Waals surface area contributed by atoms with Crippen LogP contribution in [0.3, 0.4) is 0 Å². The summed E-state index contributed by atoms with van der Waals surface area (Å²) in [6.45, 7) is 7.85. The first-order valence-corrected chi connectivity index (χ1v) is 8.61. The van der Waals surface area contributed by atoms with E-state index >= 15 is 0 Å². The van der Waals surface area contributed by atoms with Gasteiger partial charge in [0.1, 0.15) is 0 Å². The Morgan fingerprint density at radius 2 is 2.09 bits per heavy atom. The maximum atomic E-state index is 12.1. The van der Waals surface area contributed by atoms with Crippen LogP contribution in [-0.2, 0) is 9.53 Å². The summed E-state index contributed by atoms with van der Waals surface area (Å²) in [5.41, 5.74) is 1.28. The van der Waals surface area contributed by atoms with Crippen LogP contribution in [0.1, 0.15) is 13.3 Å². The van der Waals surface area contributed by atoms with Crippen molar-refractivity contribution in [2.75, 3.05) is 50.8 Å². The smallest absolute Gasteiger partial charge is 0.234 e. The minimum absolute atomic E-state index is 0.136. The number of nitrogens with one attached hydrogen (secondary N) is 1. The van der Waals surface area contributed by atoms with Crippen LogP contribution in [0, 0.1) is 5.92 Å². The maximum absolute atomic E-state index is 12.1. The number of ether oxygens (including phenoxy) is 1. The summed E-state index contributed by atoms with van der Waals surface area (Å²) in [6.07, 6.45) is 1.37. The normalized spacial score (nSPS) is 25.5. The van der Waals surface area contributed by atoms with Crippen LogP contribution in [0.25, 0.3) is 0 Å². The fraction of sp³-hybridized carbons (Fsp3) is 0.611. The Kier molecular flexibility index (Phi) is 5.51. The topological polar surface area (TPSA) is 44.8 Å². The Hall–Kier alpha value is -1.59. The molecule has 5 nitrogen and oxygen atoms in total. The van der Waals surface area contributed by atoms with Gasteiger partial charge in [0.25, 0.3) is 0 Å². The molecule has 5 heteroatoms. The number of nitrogens with zero attached hydrogens (tertiary/aromatic N) is 2. The molecule has 3 rings (SSSR count). The second-order valence-corrected chi connectivity index (χ2v) is 6.66. The van der Waals surface area contributed by atoms with E-state index in [4.69, 9.17) is 4.74 Å². The first-order chi connectivity index (χ1) is 11.2. The number of para-hydroxylation sites is 1. The summed E-state index contributed by atoms with van der Waals surface area (Å²) in [6, 6.07) is 10.5. The molecule has 2 atom stereocenters. The molecule has 1 aromatic rings. The second-order valence-electron chi connectivity index (χ2n) is 6.66. The van der Waals surface area contributed by atoms with Crippen molar-refractivity contribution in [2.45, 2.75) is 19.4 Å². The van der Waals surface area contributed by atoms with Gasteiger partial charge in [-0.3, -0.25) is 9.69 Å². The highest BCUT2D eigenvalue weighted by Gasteiger charge is 2.24. The minimum atomic E-state index is 0.136. The molecule has 2 heterocycles. The zero-order valence-electron chi connectivity index (χ0n) is 13.9. The first-order valence-electron chi connectivity index (χ1n) is 8.61. The quantitative estimate of drug-likeness (QED) is 0.890. The van der Waals surface area contributed by atoms with Crippen molar-refractivity contribution in [3.8, 4) is 0 Å². The molecule has 0 bridgehead atoms. The molecule has 0 aliphatic carbocycles. The van der Waals surface area contributed by atoms with E-state index in [1.165, 1.54) is 5.69 Å². The Morgan fingerprint density at radius 1 is 1.26 bits per heavy atom. The van der Waals surface area contributed by atoms with Crippen LogP contribution >= 0.6 is 0 Å². The van der Waals surface area contributed by atoms with E-state index in [0.717, 1.165) is 45.8 Å². The van der Waals surface area contributed by atoms with Gasteiger partial charge < -0.3 is 15.0 Å².